The van der Waals surface area contributed by atoms with E-state index in [0.717, 1.165) is 24.8 Å². The average Bonchev–Trinajstić information content (AvgIpc) is 3.34. The smallest absolute Gasteiger partial charge is 0.229 e. The molecule has 2 amide bonds. The fourth-order valence-electron chi connectivity index (χ4n) is 4.87. The third-order valence-corrected chi connectivity index (χ3v) is 6.04. The van der Waals surface area contributed by atoms with Crippen LogP contribution in [0.2, 0.25) is 0 Å². The zero-order valence-corrected chi connectivity index (χ0v) is 14.2. The largest absolute Gasteiger partial charge is 0.360 e. The lowest BCUT2D eigenvalue weighted by Gasteiger charge is -2.23. The molecular formula is C19H21N3O3. The molecule has 1 aromatic rings. The molecule has 0 saturated carbocycles. The molecule has 4 atom stereocenters. The summed E-state index contributed by atoms with van der Waals surface area (Å²) >= 11 is 0. The molecule has 5 rings (SSSR count). The SMILES string of the molecule is CN1C[C@@]23C=C[C@@H](O2)[C@@H](C(=O)NCc2cnc4c(c2)CCC4)[C@H]3C1=O. The highest BCUT2D eigenvalue weighted by atomic mass is 16.5. The Labute approximate surface area is 146 Å². The normalized spacial score (nSPS) is 34.5. The van der Waals surface area contributed by atoms with E-state index in [1.807, 2.05) is 18.3 Å². The van der Waals surface area contributed by atoms with Gasteiger partial charge in [-0.1, -0.05) is 18.2 Å². The Morgan fingerprint density at radius 1 is 1.48 bits per heavy atom. The summed E-state index contributed by atoms with van der Waals surface area (Å²) in [6.07, 6.45) is 8.74. The molecule has 130 valence electrons. The molecule has 25 heavy (non-hydrogen) atoms. The summed E-state index contributed by atoms with van der Waals surface area (Å²) in [7, 11) is 1.77. The number of carbonyl (C=O) groups excluding carboxylic acids is 2. The van der Waals surface area contributed by atoms with Gasteiger partial charge in [0.1, 0.15) is 5.60 Å². The number of hydrogen-bond acceptors (Lipinski definition) is 4. The zero-order valence-electron chi connectivity index (χ0n) is 14.2. The number of likely N-dealkylation sites (N-methyl/N-ethyl adjacent to an activating group) is 1. The number of likely N-dealkylation sites (tertiary alicyclic amines) is 1. The maximum atomic E-state index is 12.8. The first-order chi connectivity index (χ1) is 12.1. The van der Waals surface area contributed by atoms with Crippen molar-refractivity contribution >= 4 is 11.8 Å². The highest BCUT2D eigenvalue weighted by Crippen LogP contribution is 2.51. The van der Waals surface area contributed by atoms with E-state index in [1.54, 1.807) is 11.9 Å². The molecule has 0 aromatic carbocycles. The van der Waals surface area contributed by atoms with E-state index >= 15 is 0 Å². The van der Waals surface area contributed by atoms with E-state index in [-0.39, 0.29) is 17.9 Å². The number of fused-ring (bicyclic) bond motifs is 2. The highest BCUT2D eigenvalue weighted by molar-refractivity contribution is 5.92. The van der Waals surface area contributed by atoms with E-state index in [4.69, 9.17) is 4.74 Å². The monoisotopic (exact) mass is 339 g/mol. The van der Waals surface area contributed by atoms with Crippen molar-refractivity contribution in [3.05, 3.63) is 41.2 Å². The van der Waals surface area contributed by atoms with Gasteiger partial charge in [-0.15, -0.1) is 0 Å². The Hall–Kier alpha value is -2.21. The van der Waals surface area contributed by atoms with E-state index in [2.05, 4.69) is 16.4 Å². The lowest BCUT2D eigenvalue weighted by molar-refractivity contribution is -0.136. The molecule has 1 N–H and O–H groups in total. The van der Waals surface area contributed by atoms with Gasteiger partial charge in [0.25, 0.3) is 0 Å². The molecule has 1 aromatic heterocycles. The van der Waals surface area contributed by atoms with Gasteiger partial charge >= 0.3 is 0 Å². The quantitative estimate of drug-likeness (QED) is 0.819. The number of nitrogens with one attached hydrogen (secondary N) is 1. The van der Waals surface area contributed by atoms with Crippen molar-refractivity contribution in [3.8, 4) is 0 Å². The van der Waals surface area contributed by atoms with Crippen molar-refractivity contribution in [1.29, 1.82) is 0 Å². The van der Waals surface area contributed by atoms with Gasteiger partial charge in [0, 0.05) is 25.5 Å². The number of ether oxygens (including phenoxy) is 1. The van der Waals surface area contributed by atoms with Crippen LogP contribution < -0.4 is 5.32 Å². The van der Waals surface area contributed by atoms with Gasteiger partial charge in [-0.2, -0.15) is 0 Å². The van der Waals surface area contributed by atoms with Gasteiger partial charge in [0.15, 0.2) is 0 Å². The minimum Gasteiger partial charge on any atom is -0.360 e. The molecule has 4 aliphatic rings. The van der Waals surface area contributed by atoms with Crippen LogP contribution in [0.25, 0.3) is 0 Å². The summed E-state index contributed by atoms with van der Waals surface area (Å²) in [5.41, 5.74) is 2.89. The number of pyridine rings is 1. The first-order valence-corrected chi connectivity index (χ1v) is 8.94. The van der Waals surface area contributed by atoms with Crippen molar-refractivity contribution in [1.82, 2.24) is 15.2 Å². The first-order valence-electron chi connectivity index (χ1n) is 8.94. The second-order valence-electron chi connectivity index (χ2n) is 7.62. The Balaban J connectivity index is 1.32. The summed E-state index contributed by atoms with van der Waals surface area (Å²) in [5, 5.41) is 3.00. The van der Waals surface area contributed by atoms with Crippen LogP contribution in [0, 0.1) is 11.8 Å². The molecule has 1 spiro atoms. The minimum atomic E-state index is -0.604. The Morgan fingerprint density at radius 3 is 3.24 bits per heavy atom. The number of amides is 2. The molecular weight excluding hydrogens is 318 g/mol. The molecule has 1 aliphatic carbocycles. The molecule has 0 unspecified atom stereocenters. The van der Waals surface area contributed by atoms with Crippen molar-refractivity contribution in [2.24, 2.45) is 11.8 Å². The molecule has 6 heteroatoms. The highest BCUT2D eigenvalue weighted by Gasteiger charge is 2.66. The first kappa shape index (κ1) is 15.1. The lowest BCUT2D eigenvalue weighted by atomic mass is 9.77. The van der Waals surface area contributed by atoms with Crippen LogP contribution in [0.5, 0.6) is 0 Å². The molecule has 0 radical (unpaired) electrons. The van der Waals surface area contributed by atoms with E-state index in [1.165, 1.54) is 11.3 Å². The third kappa shape index (κ3) is 2.10. The van der Waals surface area contributed by atoms with Crippen LogP contribution in [0.1, 0.15) is 23.2 Å². The van der Waals surface area contributed by atoms with Crippen molar-refractivity contribution in [3.63, 3.8) is 0 Å². The van der Waals surface area contributed by atoms with Crippen molar-refractivity contribution < 1.29 is 14.3 Å². The van der Waals surface area contributed by atoms with Crippen LogP contribution in [-0.4, -0.2) is 47.0 Å². The van der Waals surface area contributed by atoms with E-state index < -0.39 is 17.4 Å². The summed E-state index contributed by atoms with van der Waals surface area (Å²) in [6, 6.07) is 2.14. The zero-order chi connectivity index (χ0) is 17.2. The molecule has 2 saturated heterocycles. The maximum Gasteiger partial charge on any atom is 0.229 e. The molecule has 4 heterocycles. The Bertz CT molecular complexity index is 805. The topological polar surface area (TPSA) is 71.5 Å². The van der Waals surface area contributed by atoms with Gasteiger partial charge in [0.05, 0.1) is 24.5 Å². The molecule has 6 nitrogen and oxygen atoms in total. The van der Waals surface area contributed by atoms with Crippen LogP contribution >= 0.6 is 0 Å². The fraction of sp³-hybridized carbons (Fsp3) is 0.526. The fourth-order valence-corrected chi connectivity index (χ4v) is 4.87. The number of hydrogen-bond donors (Lipinski definition) is 1. The minimum absolute atomic E-state index is 0.00574. The number of rotatable bonds is 3. The molecule has 2 fully saturated rings. The number of nitrogens with zero attached hydrogens (tertiary/aromatic N) is 2. The number of aromatic nitrogens is 1. The van der Waals surface area contributed by atoms with Gasteiger partial charge in [-0.3, -0.25) is 14.6 Å². The van der Waals surface area contributed by atoms with E-state index in [0.29, 0.717) is 13.1 Å². The van der Waals surface area contributed by atoms with Gasteiger partial charge < -0.3 is 15.0 Å². The van der Waals surface area contributed by atoms with Crippen molar-refractivity contribution in [2.75, 3.05) is 13.6 Å². The predicted molar refractivity (Wildman–Crippen MR) is 89.5 cm³/mol. The average molecular weight is 339 g/mol. The summed E-state index contributed by atoms with van der Waals surface area (Å²) in [5.74, 6) is -0.938. The van der Waals surface area contributed by atoms with Gasteiger partial charge in [0.2, 0.25) is 11.8 Å². The van der Waals surface area contributed by atoms with Crippen LogP contribution in [0.15, 0.2) is 24.4 Å². The Morgan fingerprint density at radius 2 is 2.36 bits per heavy atom. The summed E-state index contributed by atoms with van der Waals surface area (Å²) in [4.78, 5) is 31.5. The lowest BCUT2D eigenvalue weighted by Crippen LogP contribution is -2.43. The van der Waals surface area contributed by atoms with Crippen molar-refractivity contribution in [2.45, 2.75) is 37.5 Å². The third-order valence-electron chi connectivity index (χ3n) is 6.04. The Kier molecular flexibility index (Phi) is 3.10. The number of carbonyl (C=O) groups is 2. The maximum absolute atomic E-state index is 12.8. The number of aryl methyl sites for hydroxylation is 2. The summed E-state index contributed by atoms with van der Waals surface area (Å²) < 4.78 is 6.02. The van der Waals surface area contributed by atoms with Crippen LogP contribution in [0.3, 0.4) is 0 Å². The van der Waals surface area contributed by atoms with Gasteiger partial charge in [-0.25, -0.2) is 0 Å². The predicted octanol–water partition coefficient (Wildman–Crippen LogP) is 0.598. The molecule has 3 aliphatic heterocycles. The second-order valence-corrected chi connectivity index (χ2v) is 7.62. The molecule has 2 bridgehead atoms. The second kappa shape index (κ2) is 5.14. The van der Waals surface area contributed by atoms with Crippen LogP contribution in [-0.2, 0) is 33.7 Å². The standard InChI is InChI=1S/C19H21N3O3/c1-22-10-19-6-5-14(25-19)15(16(19)18(22)24)17(23)21-9-11-7-12-3-2-4-13(12)20-8-11/h5-8,14-16H,2-4,9-10H2,1H3,(H,21,23)/t14-,15-,16+,19-/m1/s1. The van der Waals surface area contributed by atoms with Gasteiger partial charge in [-0.05, 0) is 30.4 Å². The van der Waals surface area contributed by atoms with Crippen LogP contribution in [0.4, 0.5) is 0 Å². The summed E-state index contributed by atoms with van der Waals surface area (Å²) in [6.45, 7) is 0.970. The van der Waals surface area contributed by atoms with E-state index in [9.17, 15) is 9.59 Å².